The van der Waals surface area contributed by atoms with Crippen LogP contribution in [0.3, 0.4) is 0 Å². The number of methoxy groups -OCH3 is 1. The fourth-order valence-electron chi connectivity index (χ4n) is 1.37. The standard InChI is InChI=1S/C10H11NO2S/c1-13-9-4-2-3-8(5-9)11-7-14-6-10(11)12/h2-5H,6-7H2,1H3. The second kappa shape index (κ2) is 3.92. The first-order valence-electron chi connectivity index (χ1n) is 4.33. The average Bonchev–Trinajstić information content (AvgIpc) is 2.65. The Bertz CT molecular complexity index is 354. The highest BCUT2D eigenvalue weighted by molar-refractivity contribution is 8.00. The largest absolute Gasteiger partial charge is 0.497 e. The molecule has 1 aliphatic heterocycles. The molecule has 4 heteroatoms. The molecule has 0 bridgehead atoms. The highest BCUT2D eigenvalue weighted by Crippen LogP contribution is 2.26. The van der Waals surface area contributed by atoms with E-state index in [1.165, 1.54) is 0 Å². The van der Waals surface area contributed by atoms with E-state index in [-0.39, 0.29) is 5.91 Å². The van der Waals surface area contributed by atoms with E-state index in [1.54, 1.807) is 23.8 Å². The van der Waals surface area contributed by atoms with Crippen molar-refractivity contribution in [2.75, 3.05) is 23.6 Å². The smallest absolute Gasteiger partial charge is 0.237 e. The number of rotatable bonds is 2. The fourth-order valence-corrected chi connectivity index (χ4v) is 2.27. The third kappa shape index (κ3) is 1.70. The van der Waals surface area contributed by atoms with Gasteiger partial charge in [-0.3, -0.25) is 4.79 Å². The van der Waals surface area contributed by atoms with Crippen molar-refractivity contribution in [3.8, 4) is 5.75 Å². The summed E-state index contributed by atoms with van der Waals surface area (Å²) in [5.41, 5.74) is 0.916. The number of nitrogens with zero attached hydrogens (tertiary/aromatic N) is 1. The molecule has 0 spiro atoms. The average molecular weight is 209 g/mol. The normalized spacial score (nSPS) is 16.1. The Balaban J connectivity index is 2.26. The summed E-state index contributed by atoms with van der Waals surface area (Å²) >= 11 is 1.63. The van der Waals surface area contributed by atoms with Gasteiger partial charge in [0.25, 0.3) is 0 Å². The maximum absolute atomic E-state index is 11.4. The first kappa shape index (κ1) is 9.40. The Labute approximate surface area is 87.0 Å². The molecule has 1 fully saturated rings. The predicted molar refractivity (Wildman–Crippen MR) is 57.8 cm³/mol. The zero-order chi connectivity index (χ0) is 9.97. The van der Waals surface area contributed by atoms with Crippen LogP contribution in [-0.4, -0.2) is 24.6 Å². The first-order valence-corrected chi connectivity index (χ1v) is 5.49. The van der Waals surface area contributed by atoms with Crippen LogP contribution in [0.1, 0.15) is 0 Å². The molecule has 0 aromatic heterocycles. The molecular weight excluding hydrogens is 198 g/mol. The van der Waals surface area contributed by atoms with Crippen molar-refractivity contribution >= 4 is 23.4 Å². The van der Waals surface area contributed by atoms with Crippen LogP contribution in [0.5, 0.6) is 5.75 Å². The van der Waals surface area contributed by atoms with E-state index in [0.29, 0.717) is 5.75 Å². The number of thioether (sulfide) groups is 1. The van der Waals surface area contributed by atoms with Crippen LogP contribution in [0.15, 0.2) is 24.3 Å². The molecule has 0 atom stereocenters. The summed E-state index contributed by atoms with van der Waals surface area (Å²) < 4.78 is 5.10. The van der Waals surface area contributed by atoms with Gasteiger partial charge in [0.15, 0.2) is 0 Å². The van der Waals surface area contributed by atoms with Crippen molar-refractivity contribution in [3.05, 3.63) is 24.3 Å². The summed E-state index contributed by atoms with van der Waals surface area (Å²) in [6.07, 6.45) is 0. The van der Waals surface area contributed by atoms with Crippen molar-refractivity contribution < 1.29 is 9.53 Å². The summed E-state index contributed by atoms with van der Waals surface area (Å²) in [4.78, 5) is 13.2. The van der Waals surface area contributed by atoms with Gasteiger partial charge in [0, 0.05) is 11.8 Å². The van der Waals surface area contributed by atoms with Gasteiger partial charge in [0.1, 0.15) is 5.75 Å². The van der Waals surface area contributed by atoms with Gasteiger partial charge in [-0.25, -0.2) is 0 Å². The lowest BCUT2D eigenvalue weighted by Gasteiger charge is -2.15. The van der Waals surface area contributed by atoms with Gasteiger partial charge in [0.05, 0.1) is 18.7 Å². The molecule has 0 unspecified atom stereocenters. The van der Waals surface area contributed by atoms with E-state index in [1.807, 2.05) is 24.3 Å². The maximum Gasteiger partial charge on any atom is 0.237 e. The van der Waals surface area contributed by atoms with E-state index < -0.39 is 0 Å². The SMILES string of the molecule is COc1cccc(N2CSCC2=O)c1. The van der Waals surface area contributed by atoms with Crippen molar-refractivity contribution in [3.63, 3.8) is 0 Å². The molecule has 0 saturated carbocycles. The van der Waals surface area contributed by atoms with Crippen molar-refractivity contribution in [2.24, 2.45) is 0 Å². The van der Waals surface area contributed by atoms with Gasteiger partial charge in [0.2, 0.25) is 5.91 Å². The van der Waals surface area contributed by atoms with E-state index in [9.17, 15) is 4.79 Å². The summed E-state index contributed by atoms with van der Waals surface area (Å²) in [7, 11) is 1.62. The number of benzene rings is 1. The first-order chi connectivity index (χ1) is 6.81. The number of carbonyl (C=O) groups excluding carboxylic acids is 1. The minimum absolute atomic E-state index is 0.170. The maximum atomic E-state index is 11.4. The molecule has 1 amide bonds. The summed E-state index contributed by atoms with van der Waals surface area (Å²) in [5.74, 6) is 2.28. The van der Waals surface area contributed by atoms with Gasteiger partial charge in [-0.05, 0) is 12.1 Å². The van der Waals surface area contributed by atoms with Crippen LogP contribution in [0.25, 0.3) is 0 Å². The number of hydrogen-bond acceptors (Lipinski definition) is 3. The minimum Gasteiger partial charge on any atom is -0.497 e. The second-order valence-electron chi connectivity index (χ2n) is 3.00. The second-order valence-corrected chi connectivity index (χ2v) is 3.96. The Morgan fingerprint density at radius 3 is 3.00 bits per heavy atom. The van der Waals surface area contributed by atoms with Crippen molar-refractivity contribution in [1.29, 1.82) is 0 Å². The minimum atomic E-state index is 0.170. The van der Waals surface area contributed by atoms with Crippen LogP contribution < -0.4 is 9.64 Å². The predicted octanol–water partition coefficient (Wildman–Crippen LogP) is 1.73. The number of carbonyl (C=O) groups is 1. The molecule has 0 N–H and O–H groups in total. The summed E-state index contributed by atoms with van der Waals surface area (Å²) in [6.45, 7) is 0. The number of anilines is 1. The topological polar surface area (TPSA) is 29.5 Å². The molecule has 3 nitrogen and oxygen atoms in total. The zero-order valence-corrected chi connectivity index (χ0v) is 8.71. The molecule has 1 aliphatic rings. The number of hydrogen-bond donors (Lipinski definition) is 0. The third-order valence-electron chi connectivity index (χ3n) is 2.11. The van der Waals surface area contributed by atoms with Crippen LogP contribution in [-0.2, 0) is 4.79 Å². The molecule has 2 rings (SSSR count). The molecule has 1 aromatic rings. The fraction of sp³-hybridized carbons (Fsp3) is 0.300. The van der Waals surface area contributed by atoms with Crippen LogP contribution in [0.4, 0.5) is 5.69 Å². The van der Waals surface area contributed by atoms with E-state index >= 15 is 0 Å². The van der Waals surface area contributed by atoms with Gasteiger partial charge in [-0.15, -0.1) is 11.8 Å². The highest BCUT2D eigenvalue weighted by atomic mass is 32.2. The van der Waals surface area contributed by atoms with Gasteiger partial charge >= 0.3 is 0 Å². The van der Waals surface area contributed by atoms with Gasteiger partial charge < -0.3 is 9.64 Å². The van der Waals surface area contributed by atoms with E-state index in [2.05, 4.69) is 0 Å². The number of ether oxygens (including phenoxy) is 1. The van der Waals surface area contributed by atoms with Crippen LogP contribution >= 0.6 is 11.8 Å². The monoisotopic (exact) mass is 209 g/mol. The van der Waals surface area contributed by atoms with Crippen molar-refractivity contribution in [1.82, 2.24) is 0 Å². The Kier molecular flexibility index (Phi) is 2.63. The quantitative estimate of drug-likeness (QED) is 0.743. The lowest BCUT2D eigenvalue weighted by atomic mass is 10.3. The van der Waals surface area contributed by atoms with E-state index in [0.717, 1.165) is 17.3 Å². The zero-order valence-electron chi connectivity index (χ0n) is 7.90. The Morgan fingerprint density at radius 2 is 2.36 bits per heavy atom. The van der Waals surface area contributed by atoms with E-state index in [4.69, 9.17) is 4.74 Å². The van der Waals surface area contributed by atoms with Crippen LogP contribution in [0.2, 0.25) is 0 Å². The van der Waals surface area contributed by atoms with Crippen LogP contribution in [0, 0.1) is 0 Å². The molecule has 1 saturated heterocycles. The molecular formula is C10H11NO2S. The van der Waals surface area contributed by atoms with Gasteiger partial charge in [-0.2, -0.15) is 0 Å². The summed E-state index contributed by atoms with van der Waals surface area (Å²) in [5, 5.41) is 0. The third-order valence-corrected chi connectivity index (χ3v) is 3.00. The molecule has 1 heterocycles. The Morgan fingerprint density at radius 1 is 1.50 bits per heavy atom. The lowest BCUT2D eigenvalue weighted by molar-refractivity contribution is -0.115. The molecule has 0 aliphatic carbocycles. The highest BCUT2D eigenvalue weighted by Gasteiger charge is 2.22. The molecule has 74 valence electrons. The lowest BCUT2D eigenvalue weighted by Crippen LogP contribution is -2.24. The Hall–Kier alpha value is -1.16. The summed E-state index contributed by atoms with van der Waals surface area (Å²) in [6, 6.07) is 7.57. The number of amides is 1. The van der Waals surface area contributed by atoms with Crippen molar-refractivity contribution in [2.45, 2.75) is 0 Å². The molecule has 0 radical (unpaired) electrons. The molecule has 14 heavy (non-hydrogen) atoms. The van der Waals surface area contributed by atoms with Gasteiger partial charge in [-0.1, -0.05) is 6.07 Å². The molecule has 1 aromatic carbocycles.